The molecule has 0 radical (unpaired) electrons. The van der Waals surface area contributed by atoms with Crippen molar-refractivity contribution in [3.63, 3.8) is 0 Å². The minimum atomic E-state index is -0.120. The number of hydrogen-bond acceptors (Lipinski definition) is 6. The fraction of sp³-hybridized carbons (Fsp3) is 0.500. The van der Waals surface area contributed by atoms with Crippen molar-refractivity contribution in [3.05, 3.63) is 41.6 Å². The molecule has 2 aromatic rings. The second-order valence-corrected chi connectivity index (χ2v) is 7.52. The molecule has 0 unspecified atom stereocenters. The van der Waals surface area contributed by atoms with E-state index in [0.29, 0.717) is 54.9 Å². The van der Waals surface area contributed by atoms with E-state index in [9.17, 15) is 9.59 Å². The van der Waals surface area contributed by atoms with Gasteiger partial charge >= 0.3 is 0 Å². The Morgan fingerprint density at radius 3 is 2.83 bits per heavy atom. The highest BCUT2D eigenvalue weighted by Gasteiger charge is 2.27. The quantitative estimate of drug-likeness (QED) is 0.712. The summed E-state index contributed by atoms with van der Waals surface area (Å²) in [7, 11) is 3.19. The van der Waals surface area contributed by atoms with E-state index in [4.69, 9.17) is 13.9 Å². The molecule has 1 atom stereocenters. The summed E-state index contributed by atoms with van der Waals surface area (Å²) in [5.74, 6) is 1.86. The van der Waals surface area contributed by atoms with Crippen molar-refractivity contribution < 1.29 is 23.5 Å². The third-order valence-corrected chi connectivity index (χ3v) is 5.50. The first kappa shape index (κ1) is 21.7. The Balaban J connectivity index is 1.46. The number of benzene rings is 1. The van der Waals surface area contributed by atoms with Crippen molar-refractivity contribution in [3.8, 4) is 11.5 Å². The lowest BCUT2D eigenvalue weighted by Crippen LogP contribution is -2.40. The van der Waals surface area contributed by atoms with Crippen LogP contribution in [0.1, 0.15) is 47.5 Å². The lowest BCUT2D eigenvalue weighted by molar-refractivity contribution is -0.121. The second-order valence-electron chi connectivity index (χ2n) is 7.52. The summed E-state index contributed by atoms with van der Waals surface area (Å²) >= 11 is 0. The van der Waals surface area contributed by atoms with Crippen LogP contribution < -0.4 is 14.8 Å². The molecule has 1 aromatic carbocycles. The van der Waals surface area contributed by atoms with Gasteiger partial charge in [0.2, 0.25) is 11.7 Å². The van der Waals surface area contributed by atoms with Crippen LogP contribution in [0.15, 0.2) is 29.0 Å². The molecule has 1 N–H and O–H groups in total. The van der Waals surface area contributed by atoms with E-state index >= 15 is 0 Å². The summed E-state index contributed by atoms with van der Waals surface area (Å²) in [4.78, 5) is 30.8. The molecule has 0 spiro atoms. The van der Waals surface area contributed by atoms with Crippen LogP contribution in [0.2, 0.25) is 0 Å². The topological polar surface area (TPSA) is 93.9 Å². The summed E-state index contributed by atoms with van der Waals surface area (Å²) in [6.45, 7) is 3.50. The van der Waals surface area contributed by atoms with E-state index in [0.717, 1.165) is 24.8 Å². The highest BCUT2D eigenvalue weighted by atomic mass is 16.5. The van der Waals surface area contributed by atoms with E-state index in [2.05, 4.69) is 10.3 Å². The number of carbonyl (C=O) groups excluding carboxylic acids is 2. The maximum Gasteiger partial charge on any atom is 0.291 e. The molecule has 162 valence electrons. The highest BCUT2D eigenvalue weighted by Crippen LogP contribution is 2.25. The Hall–Kier alpha value is -3.03. The summed E-state index contributed by atoms with van der Waals surface area (Å²) in [5, 5.41) is 2.95. The Morgan fingerprint density at radius 1 is 1.30 bits per heavy atom. The smallest absolute Gasteiger partial charge is 0.291 e. The molecule has 8 heteroatoms. The van der Waals surface area contributed by atoms with Gasteiger partial charge in [0, 0.05) is 37.7 Å². The predicted octanol–water partition coefficient (Wildman–Crippen LogP) is 2.95. The van der Waals surface area contributed by atoms with Gasteiger partial charge in [-0.1, -0.05) is 0 Å². The van der Waals surface area contributed by atoms with Gasteiger partial charge in [-0.05, 0) is 44.2 Å². The molecule has 0 bridgehead atoms. The molecule has 1 aromatic heterocycles. The van der Waals surface area contributed by atoms with E-state index in [-0.39, 0.29) is 11.8 Å². The van der Waals surface area contributed by atoms with Crippen LogP contribution in [0, 0.1) is 12.8 Å². The van der Waals surface area contributed by atoms with Crippen LogP contribution in [-0.2, 0) is 11.3 Å². The van der Waals surface area contributed by atoms with E-state index in [1.54, 1.807) is 27.2 Å². The highest BCUT2D eigenvalue weighted by molar-refractivity contribution is 5.92. The molecule has 8 nitrogen and oxygen atoms in total. The number of rotatable bonds is 8. The molecule has 30 heavy (non-hydrogen) atoms. The van der Waals surface area contributed by atoms with Gasteiger partial charge in [-0.25, -0.2) is 4.98 Å². The van der Waals surface area contributed by atoms with Crippen LogP contribution in [0.25, 0.3) is 0 Å². The number of amides is 2. The third-order valence-electron chi connectivity index (χ3n) is 5.50. The average molecular weight is 415 g/mol. The SMILES string of the molecule is COc1ccc(CNC(=O)CC[C@H]2CCCN(C(=O)c3ocnc3C)C2)c(OC)c1. The molecule has 1 aliphatic rings. The third kappa shape index (κ3) is 5.31. The number of carbonyl (C=O) groups is 2. The van der Waals surface area contributed by atoms with Gasteiger partial charge in [-0.3, -0.25) is 9.59 Å². The van der Waals surface area contributed by atoms with Gasteiger partial charge in [0.1, 0.15) is 11.5 Å². The molecular weight excluding hydrogens is 386 g/mol. The summed E-state index contributed by atoms with van der Waals surface area (Å²) < 4.78 is 15.8. The van der Waals surface area contributed by atoms with Crippen LogP contribution in [-0.4, -0.2) is 49.0 Å². The normalized spacial score (nSPS) is 16.2. The number of likely N-dealkylation sites (tertiary alicyclic amines) is 1. The lowest BCUT2D eigenvalue weighted by Gasteiger charge is -2.32. The molecule has 1 fully saturated rings. The van der Waals surface area contributed by atoms with Crippen molar-refractivity contribution in [1.29, 1.82) is 0 Å². The van der Waals surface area contributed by atoms with Gasteiger partial charge < -0.3 is 24.1 Å². The van der Waals surface area contributed by atoms with Crippen molar-refractivity contribution in [2.24, 2.45) is 5.92 Å². The first-order chi connectivity index (χ1) is 14.5. The number of aryl methyl sites for hydroxylation is 1. The standard InChI is InChI=1S/C22H29N3O5/c1-15-21(30-14-24-15)22(27)25-10-4-5-16(13-25)6-9-20(26)23-12-17-7-8-18(28-2)11-19(17)29-3/h7-8,11,14,16H,4-6,9-10,12-13H2,1-3H3,(H,23,26)/t16-/m1/s1. The molecule has 0 aliphatic carbocycles. The predicted molar refractivity (Wildman–Crippen MR) is 110 cm³/mol. The number of nitrogens with one attached hydrogen (secondary N) is 1. The first-order valence-corrected chi connectivity index (χ1v) is 10.2. The fourth-order valence-electron chi connectivity index (χ4n) is 3.75. The summed E-state index contributed by atoms with van der Waals surface area (Å²) in [6, 6.07) is 5.52. The van der Waals surface area contributed by atoms with Crippen molar-refractivity contribution >= 4 is 11.8 Å². The Labute approximate surface area is 176 Å². The van der Waals surface area contributed by atoms with Crippen molar-refractivity contribution in [2.45, 2.75) is 39.2 Å². The zero-order chi connectivity index (χ0) is 21.5. The van der Waals surface area contributed by atoms with Gasteiger partial charge in [0.25, 0.3) is 5.91 Å². The van der Waals surface area contributed by atoms with Crippen LogP contribution in [0.3, 0.4) is 0 Å². The molecule has 2 amide bonds. The number of ether oxygens (including phenoxy) is 2. The number of methoxy groups -OCH3 is 2. The molecular formula is C22H29N3O5. The maximum absolute atomic E-state index is 12.6. The summed E-state index contributed by atoms with van der Waals surface area (Å²) in [6.07, 6.45) is 4.40. The number of oxazole rings is 1. The Bertz CT molecular complexity index is 879. The zero-order valence-electron chi connectivity index (χ0n) is 17.8. The molecule has 3 rings (SSSR count). The molecule has 2 heterocycles. The van der Waals surface area contributed by atoms with Gasteiger partial charge in [0.15, 0.2) is 6.39 Å². The average Bonchev–Trinajstić information content (AvgIpc) is 3.21. The van der Waals surface area contributed by atoms with Crippen LogP contribution in [0.4, 0.5) is 0 Å². The fourth-order valence-corrected chi connectivity index (χ4v) is 3.75. The van der Waals surface area contributed by atoms with E-state index < -0.39 is 0 Å². The van der Waals surface area contributed by atoms with Gasteiger partial charge in [-0.2, -0.15) is 0 Å². The van der Waals surface area contributed by atoms with Gasteiger partial charge in [0.05, 0.1) is 19.9 Å². The number of nitrogens with zero attached hydrogens (tertiary/aromatic N) is 2. The van der Waals surface area contributed by atoms with Crippen molar-refractivity contribution in [2.75, 3.05) is 27.3 Å². The lowest BCUT2D eigenvalue weighted by atomic mass is 9.93. The Morgan fingerprint density at radius 2 is 2.13 bits per heavy atom. The maximum atomic E-state index is 12.6. The first-order valence-electron chi connectivity index (χ1n) is 10.2. The van der Waals surface area contributed by atoms with E-state index in [1.165, 1.54) is 6.39 Å². The Kier molecular flexibility index (Phi) is 7.32. The molecule has 0 saturated carbocycles. The molecule has 1 saturated heterocycles. The van der Waals surface area contributed by atoms with Crippen LogP contribution in [0.5, 0.6) is 11.5 Å². The molecule has 1 aliphatic heterocycles. The summed E-state index contributed by atoms with van der Waals surface area (Å²) in [5.41, 5.74) is 1.50. The van der Waals surface area contributed by atoms with Crippen molar-refractivity contribution in [1.82, 2.24) is 15.2 Å². The van der Waals surface area contributed by atoms with Crippen LogP contribution >= 0.6 is 0 Å². The largest absolute Gasteiger partial charge is 0.497 e. The zero-order valence-corrected chi connectivity index (χ0v) is 17.8. The second kappa shape index (κ2) is 10.1. The van der Waals surface area contributed by atoms with Gasteiger partial charge in [-0.15, -0.1) is 0 Å². The number of hydrogen-bond donors (Lipinski definition) is 1. The van der Waals surface area contributed by atoms with E-state index in [1.807, 2.05) is 17.0 Å². The minimum absolute atomic E-state index is 0.0117. The monoisotopic (exact) mass is 415 g/mol. The number of aromatic nitrogens is 1. The number of piperidine rings is 1. The minimum Gasteiger partial charge on any atom is -0.497 e.